The van der Waals surface area contributed by atoms with E-state index in [-0.39, 0.29) is 11.3 Å². The summed E-state index contributed by atoms with van der Waals surface area (Å²) >= 11 is 3.40. The maximum Gasteiger partial charge on any atom is 0.344 e. The summed E-state index contributed by atoms with van der Waals surface area (Å²) in [6.45, 7) is 0. The number of esters is 1. The van der Waals surface area contributed by atoms with E-state index >= 15 is 0 Å². The highest BCUT2D eigenvalue weighted by Gasteiger charge is 2.21. The van der Waals surface area contributed by atoms with Gasteiger partial charge in [-0.05, 0) is 45.8 Å². The number of aliphatic imine (C=N–C) groups is 1. The fraction of sp³-hybridized carbons (Fsp3) is 0. The summed E-state index contributed by atoms with van der Waals surface area (Å²) in [6, 6.07) is 16.4. The molecule has 0 radical (unpaired) electrons. The molecule has 3 rings (SSSR count). The fourth-order valence-corrected chi connectivity index (χ4v) is 2.84. The normalized spacial score (nSPS) is 10.7. The molecule has 0 N–H and O–H groups in total. The number of halogens is 1. The maximum atomic E-state index is 12.4. The van der Waals surface area contributed by atoms with Gasteiger partial charge in [0.2, 0.25) is 0 Å². The lowest BCUT2D eigenvalue weighted by Gasteiger charge is -2.05. The highest BCUT2D eigenvalue weighted by atomic mass is 79.9. The number of hydrogen-bond acceptors (Lipinski definition) is 7. The van der Waals surface area contributed by atoms with Crippen LogP contribution in [-0.4, -0.2) is 22.0 Å². The van der Waals surface area contributed by atoms with Crippen LogP contribution in [0.2, 0.25) is 0 Å². The number of nitrogens with zero attached hydrogens (tertiary/aromatic N) is 3. The first-order chi connectivity index (χ1) is 14.3. The molecule has 30 heavy (non-hydrogen) atoms. The van der Waals surface area contributed by atoms with Gasteiger partial charge in [-0.25, -0.2) is 4.79 Å². The van der Waals surface area contributed by atoms with Gasteiger partial charge in [-0.1, -0.05) is 24.3 Å². The average Bonchev–Trinajstić information content (AvgIpc) is 2.73. The number of carbonyl (C=O) groups is 1. The van der Waals surface area contributed by atoms with Crippen molar-refractivity contribution in [1.29, 1.82) is 0 Å². The second kappa shape index (κ2) is 9.05. The Balaban J connectivity index is 1.83. The van der Waals surface area contributed by atoms with Gasteiger partial charge in [0, 0.05) is 22.8 Å². The van der Waals surface area contributed by atoms with Crippen molar-refractivity contribution >= 4 is 45.2 Å². The number of ether oxygens (including phenoxy) is 1. The molecule has 0 amide bonds. The molecule has 9 nitrogen and oxygen atoms in total. The first-order valence-corrected chi connectivity index (χ1v) is 9.17. The fourth-order valence-electron chi connectivity index (χ4n) is 2.45. The second-order valence-electron chi connectivity index (χ2n) is 5.92. The number of non-ortho nitro benzene ring substituents is 2. The average molecular weight is 470 g/mol. The van der Waals surface area contributed by atoms with Crippen LogP contribution in [0, 0.1) is 20.2 Å². The summed E-state index contributed by atoms with van der Waals surface area (Å²) in [4.78, 5) is 37.1. The minimum atomic E-state index is -0.957. The Labute approximate surface area is 178 Å². The topological polar surface area (TPSA) is 125 Å². The Morgan fingerprint density at radius 3 is 2.23 bits per heavy atom. The molecule has 0 bridgehead atoms. The standard InChI is InChI=1S/C20H12BrN3O6/c21-18-6-1-2-7-19(18)22-12-13-4-3-5-17(8-13)30-20(25)14-9-15(23(26)27)11-16(10-14)24(28)29/h1-12H. The van der Waals surface area contributed by atoms with Gasteiger partial charge < -0.3 is 4.74 Å². The molecule has 0 atom stereocenters. The van der Waals surface area contributed by atoms with Gasteiger partial charge in [0.15, 0.2) is 0 Å². The zero-order valence-electron chi connectivity index (χ0n) is 15.1. The van der Waals surface area contributed by atoms with Crippen LogP contribution in [0.25, 0.3) is 0 Å². The van der Waals surface area contributed by atoms with Crippen LogP contribution in [0.5, 0.6) is 5.75 Å². The molecule has 0 aliphatic carbocycles. The molecule has 3 aromatic carbocycles. The van der Waals surface area contributed by atoms with E-state index in [1.165, 1.54) is 6.07 Å². The van der Waals surface area contributed by atoms with Crippen LogP contribution in [0.3, 0.4) is 0 Å². The smallest absolute Gasteiger partial charge is 0.344 e. The van der Waals surface area contributed by atoms with Crippen molar-refractivity contribution in [3.63, 3.8) is 0 Å². The number of nitro groups is 2. The number of hydrogen-bond donors (Lipinski definition) is 0. The third-order valence-electron chi connectivity index (χ3n) is 3.83. The van der Waals surface area contributed by atoms with Crippen LogP contribution in [0.4, 0.5) is 17.1 Å². The van der Waals surface area contributed by atoms with E-state index in [0.717, 1.165) is 22.7 Å². The molecule has 150 valence electrons. The monoisotopic (exact) mass is 469 g/mol. The first-order valence-electron chi connectivity index (χ1n) is 8.38. The van der Waals surface area contributed by atoms with Crippen molar-refractivity contribution in [2.24, 2.45) is 4.99 Å². The Bertz CT molecular complexity index is 1150. The Morgan fingerprint density at radius 2 is 1.60 bits per heavy atom. The third-order valence-corrected chi connectivity index (χ3v) is 4.50. The highest BCUT2D eigenvalue weighted by Crippen LogP contribution is 2.25. The van der Waals surface area contributed by atoms with Gasteiger partial charge in [0.05, 0.1) is 27.2 Å². The molecule has 0 spiro atoms. The summed E-state index contributed by atoms with van der Waals surface area (Å²) in [5, 5.41) is 22.0. The summed E-state index contributed by atoms with van der Waals surface area (Å²) in [5.41, 5.74) is -0.107. The molecule has 0 heterocycles. The number of rotatable bonds is 6. The summed E-state index contributed by atoms with van der Waals surface area (Å²) < 4.78 is 6.05. The number of nitro benzene ring substituents is 2. The van der Waals surface area contributed by atoms with Crippen molar-refractivity contribution in [2.45, 2.75) is 0 Å². The zero-order chi connectivity index (χ0) is 21.7. The van der Waals surface area contributed by atoms with Crippen molar-refractivity contribution < 1.29 is 19.4 Å². The minimum absolute atomic E-state index is 0.158. The zero-order valence-corrected chi connectivity index (χ0v) is 16.7. The molecular weight excluding hydrogens is 458 g/mol. The van der Waals surface area contributed by atoms with Gasteiger partial charge in [-0.2, -0.15) is 0 Å². The van der Waals surface area contributed by atoms with E-state index in [1.54, 1.807) is 24.4 Å². The van der Waals surface area contributed by atoms with E-state index in [0.29, 0.717) is 11.3 Å². The summed E-state index contributed by atoms with van der Waals surface area (Å²) in [5.74, 6) is -0.799. The van der Waals surface area contributed by atoms with Gasteiger partial charge >= 0.3 is 5.97 Å². The van der Waals surface area contributed by atoms with Gasteiger partial charge in [-0.15, -0.1) is 0 Å². The molecule has 0 saturated carbocycles. The molecule has 0 aliphatic rings. The van der Waals surface area contributed by atoms with Crippen molar-refractivity contribution in [2.75, 3.05) is 0 Å². The lowest BCUT2D eigenvalue weighted by atomic mass is 10.1. The van der Waals surface area contributed by atoms with Crippen LogP contribution in [0.1, 0.15) is 15.9 Å². The predicted octanol–water partition coefficient (Wildman–Crippen LogP) is 5.24. The lowest BCUT2D eigenvalue weighted by Crippen LogP contribution is -2.10. The van der Waals surface area contributed by atoms with Gasteiger partial charge in [0.1, 0.15) is 5.75 Å². The molecule has 0 fully saturated rings. The van der Waals surface area contributed by atoms with Gasteiger partial charge in [-0.3, -0.25) is 25.2 Å². The summed E-state index contributed by atoms with van der Waals surface area (Å²) in [6.07, 6.45) is 1.58. The molecule has 0 unspecified atom stereocenters. The lowest BCUT2D eigenvalue weighted by molar-refractivity contribution is -0.394. The van der Waals surface area contributed by atoms with Crippen LogP contribution in [-0.2, 0) is 0 Å². The Hall–Kier alpha value is -3.92. The molecule has 0 saturated heterocycles. The van der Waals surface area contributed by atoms with E-state index in [9.17, 15) is 25.0 Å². The molecule has 0 aromatic heterocycles. The first kappa shape index (κ1) is 20.8. The van der Waals surface area contributed by atoms with Crippen molar-refractivity contribution in [3.05, 3.63) is 103 Å². The van der Waals surface area contributed by atoms with Crippen molar-refractivity contribution in [1.82, 2.24) is 0 Å². The van der Waals surface area contributed by atoms with Crippen molar-refractivity contribution in [3.8, 4) is 5.75 Å². The Morgan fingerprint density at radius 1 is 0.933 bits per heavy atom. The predicted molar refractivity (Wildman–Crippen MR) is 113 cm³/mol. The highest BCUT2D eigenvalue weighted by molar-refractivity contribution is 9.10. The quantitative estimate of drug-likeness (QED) is 0.160. The van der Waals surface area contributed by atoms with Crippen LogP contribution in [0.15, 0.2) is 76.2 Å². The number of carbonyl (C=O) groups excluding carboxylic acids is 1. The minimum Gasteiger partial charge on any atom is -0.423 e. The molecular formula is C20H12BrN3O6. The van der Waals surface area contributed by atoms with Crippen LogP contribution < -0.4 is 4.74 Å². The van der Waals surface area contributed by atoms with Gasteiger partial charge in [0.25, 0.3) is 11.4 Å². The van der Waals surface area contributed by atoms with E-state index in [2.05, 4.69) is 20.9 Å². The molecule has 10 heteroatoms. The van der Waals surface area contributed by atoms with Crippen LogP contribution >= 0.6 is 15.9 Å². The largest absolute Gasteiger partial charge is 0.423 e. The second-order valence-corrected chi connectivity index (χ2v) is 6.78. The SMILES string of the molecule is O=C(Oc1cccc(C=Nc2ccccc2Br)c1)c1cc([N+](=O)[O-])cc([N+](=O)[O-])c1. The summed E-state index contributed by atoms with van der Waals surface area (Å²) in [7, 11) is 0. The third kappa shape index (κ3) is 5.11. The Kier molecular flexibility index (Phi) is 6.28. The maximum absolute atomic E-state index is 12.4. The van der Waals surface area contributed by atoms with E-state index < -0.39 is 27.2 Å². The van der Waals surface area contributed by atoms with E-state index in [1.807, 2.05) is 24.3 Å². The number of para-hydroxylation sites is 1. The van der Waals surface area contributed by atoms with E-state index in [4.69, 9.17) is 4.74 Å². The number of benzene rings is 3. The molecule has 0 aliphatic heterocycles. The molecule has 3 aromatic rings.